The van der Waals surface area contributed by atoms with Gasteiger partial charge in [0.1, 0.15) is 17.2 Å². The van der Waals surface area contributed by atoms with Gasteiger partial charge < -0.3 is 24.8 Å². The number of ether oxygens (including phenoxy) is 2. The van der Waals surface area contributed by atoms with Crippen LogP contribution in [0.5, 0.6) is 17.2 Å². The van der Waals surface area contributed by atoms with Crippen molar-refractivity contribution in [2.75, 3.05) is 23.9 Å². The Morgan fingerprint density at radius 1 is 0.763 bits per heavy atom. The number of anilines is 2. The van der Waals surface area contributed by atoms with E-state index in [-0.39, 0.29) is 33.5 Å². The van der Waals surface area contributed by atoms with E-state index in [1.54, 1.807) is 48.5 Å². The van der Waals surface area contributed by atoms with Gasteiger partial charge in [0.25, 0.3) is 11.1 Å². The number of carbonyl (C=O) groups is 3. The average molecular weight is 815 g/mol. The van der Waals surface area contributed by atoms with E-state index in [9.17, 15) is 19.5 Å². The zero-order valence-electron chi connectivity index (χ0n) is 33.7. The molecule has 6 rings (SSSR count). The molecule has 2 amide bonds. The molecule has 59 heavy (non-hydrogen) atoms. The predicted molar refractivity (Wildman–Crippen MR) is 232 cm³/mol. The van der Waals surface area contributed by atoms with Crippen LogP contribution >= 0.6 is 11.8 Å². The van der Waals surface area contributed by atoms with Crippen molar-refractivity contribution in [3.05, 3.63) is 120 Å². The SMILES string of the molecule is CCCCCCCCCCCCOc1ccc(C)cc1NC(=O)c1cc(OC(=O)c2ccccc2N(C)C(=O)Sc2nnnn2-c2ccccc2)c2ccccc2c1O. The van der Waals surface area contributed by atoms with Gasteiger partial charge in [0.05, 0.1) is 34.8 Å². The quantitative estimate of drug-likeness (QED) is 0.0350. The molecule has 5 aromatic carbocycles. The van der Waals surface area contributed by atoms with Crippen molar-refractivity contribution in [3.8, 4) is 22.9 Å². The first-order valence-corrected chi connectivity index (χ1v) is 21.0. The van der Waals surface area contributed by atoms with Crippen LogP contribution in [0.2, 0.25) is 0 Å². The summed E-state index contributed by atoms with van der Waals surface area (Å²) in [6.07, 6.45) is 12.2. The van der Waals surface area contributed by atoms with Crippen LogP contribution in [0.4, 0.5) is 16.2 Å². The summed E-state index contributed by atoms with van der Waals surface area (Å²) in [6.45, 7) is 4.67. The smallest absolute Gasteiger partial charge is 0.345 e. The standard InChI is InChI=1S/C46H50N6O6S/c1-4-5-6-7-8-9-10-11-12-20-29-57-40-28-27-32(2)30-38(40)47-43(54)37-31-41(34-23-16-17-24-35(34)42(37)53)58-44(55)36-25-18-19-26-39(36)51(3)46(56)59-45-48-49-50-52(45)33-21-14-13-15-22-33/h13-19,21-28,30-31,53H,4-12,20,29H2,1-3H3,(H,47,54). The first-order chi connectivity index (χ1) is 28.7. The summed E-state index contributed by atoms with van der Waals surface area (Å²) in [5, 5.41) is 26.6. The van der Waals surface area contributed by atoms with Crippen LogP contribution in [0.1, 0.15) is 97.4 Å². The van der Waals surface area contributed by atoms with Gasteiger partial charge in [-0.2, -0.15) is 4.68 Å². The second-order valence-corrected chi connectivity index (χ2v) is 15.3. The molecule has 0 aliphatic carbocycles. The molecule has 6 aromatic rings. The number of tetrazole rings is 1. The summed E-state index contributed by atoms with van der Waals surface area (Å²) in [6, 6.07) is 29.4. The number of para-hydroxylation sites is 2. The lowest BCUT2D eigenvalue weighted by atomic mass is 10.0. The first kappa shape index (κ1) is 42.4. The number of thioether (sulfide) groups is 1. The van der Waals surface area contributed by atoms with Crippen LogP contribution < -0.4 is 19.7 Å². The molecule has 1 heterocycles. The number of amides is 2. The fraction of sp³-hybridized carbons (Fsp3) is 0.304. The molecule has 0 spiro atoms. The van der Waals surface area contributed by atoms with Crippen LogP contribution in [-0.2, 0) is 0 Å². The molecule has 0 saturated heterocycles. The molecule has 12 nitrogen and oxygen atoms in total. The molecule has 0 aliphatic heterocycles. The van der Waals surface area contributed by atoms with Gasteiger partial charge in [0, 0.05) is 29.6 Å². The Kier molecular flexibility index (Phi) is 15.1. The lowest BCUT2D eigenvalue weighted by Crippen LogP contribution is -2.25. The van der Waals surface area contributed by atoms with E-state index >= 15 is 0 Å². The van der Waals surface area contributed by atoms with Gasteiger partial charge in [-0.1, -0.05) is 125 Å². The number of aryl methyl sites for hydroxylation is 1. The van der Waals surface area contributed by atoms with Crippen molar-refractivity contribution in [2.24, 2.45) is 0 Å². The zero-order valence-corrected chi connectivity index (χ0v) is 34.5. The Bertz CT molecular complexity index is 2370. The number of carbonyl (C=O) groups excluding carboxylic acids is 3. The van der Waals surface area contributed by atoms with Crippen molar-refractivity contribution < 1.29 is 29.0 Å². The Hall–Kier alpha value is -6.21. The van der Waals surface area contributed by atoms with Gasteiger partial charge in [-0.3, -0.25) is 9.59 Å². The average Bonchev–Trinajstić information content (AvgIpc) is 3.72. The predicted octanol–water partition coefficient (Wildman–Crippen LogP) is 10.9. The van der Waals surface area contributed by atoms with E-state index in [0.717, 1.165) is 30.2 Å². The van der Waals surface area contributed by atoms with Gasteiger partial charge in [0.2, 0.25) is 5.16 Å². The van der Waals surface area contributed by atoms with Crippen molar-refractivity contribution in [3.63, 3.8) is 0 Å². The van der Waals surface area contributed by atoms with Crippen molar-refractivity contribution >= 4 is 51.0 Å². The number of nitrogens with one attached hydrogen (secondary N) is 1. The van der Waals surface area contributed by atoms with E-state index in [0.29, 0.717) is 34.5 Å². The molecular weight excluding hydrogens is 765 g/mol. The van der Waals surface area contributed by atoms with Gasteiger partial charge in [-0.25, -0.2) is 4.79 Å². The van der Waals surface area contributed by atoms with Crippen LogP contribution in [0.3, 0.4) is 0 Å². The first-order valence-electron chi connectivity index (χ1n) is 20.1. The van der Waals surface area contributed by atoms with E-state index in [2.05, 4.69) is 27.8 Å². The molecule has 306 valence electrons. The number of esters is 1. The van der Waals surface area contributed by atoms with Gasteiger partial charge in [0.15, 0.2) is 0 Å². The van der Waals surface area contributed by atoms with Crippen molar-refractivity contribution in [2.45, 2.75) is 83.2 Å². The zero-order chi connectivity index (χ0) is 41.6. The third kappa shape index (κ3) is 11.1. The molecular formula is C46H50N6O6S. The van der Waals surface area contributed by atoms with E-state index in [1.165, 1.54) is 74.1 Å². The number of phenols is 1. The molecule has 0 aliphatic rings. The van der Waals surface area contributed by atoms with Gasteiger partial charge in [-0.15, -0.1) is 5.10 Å². The highest BCUT2D eigenvalue weighted by atomic mass is 32.2. The number of phenolic OH excluding ortho intramolecular Hbond substituents is 1. The second-order valence-electron chi connectivity index (χ2n) is 14.3. The normalized spacial score (nSPS) is 11.0. The number of aromatic nitrogens is 4. The minimum Gasteiger partial charge on any atom is -0.506 e. The highest BCUT2D eigenvalue weighted by Gasteiger charge is 2.25. The van der Waals surface area contributed by atoms with Gasteiger partial charge in [-0.05, 0) is 71.8 Å². The highest BCUT2D eigenvalue weighted by molar-refractivity contribution is 8.13. The van der Waals surface area contributed by atoms with Crippen molar-refractivity contribution in [1.82, 2.24) is 20.2 Å². The maximum absolute atomic E-state index is 14.0. The van der Waals surface area contributed by atoms with Crippen LogP contribution in [0.15, 0.2) is 108 Å². The monoisotopic (exact) mass is 814 g/mol. The van der Waals surface area contributed by atoms with E-state index in [1.807, 2.05) is 55.5 Å². The highest BCUT2D eigenvalue weighted by Crippen LogP contribution is 2.38. The summed E-state index contributed by atoms with van der Waals surface area (Å²) in [5.41, 5.74) is 2.34. The molecule has 0 atom stereocenters. The lowest BCUT2D eigenvalue weighted by molar-refractivity contribution is 0.0736. The molecule has 0 radical (unpaired) electrons. The number of fused-ring (bicyclic) bond motifs is 1. The number of rotatable bonds is 19. The molecule has 0 bridgehead atoms. The second kappa shape index (κ2) is 21.0. The Morgan fingerprint density at radius 3 is 2.17 bits per heavy atom. The summed E-state index contributed by atoms with van der Waals surface area (Å²) in [4.78, 5) is 42.8. The maximum Gasteiger partial charge on any atom is 0.345 e. The minimum absolute atomic E-state index is 0.0513. The molecule has 0 saturated carbocycles. The number of nitrogens with zero attached hydrogens (tertiary/aromatic N) is 5. The number of hydrogen-bond acceptors (Lipinski definition) is 10. The Balaban J connectivity index is 1.15. The largest absolute Gasteiger partial charge is 0.506 e. The van der Waals surface area contributed by atoms with Gasteiger partial charge >= 0.3 is 5.97 Å². The molecule has 13 heteroatoms. The summed E-state index contributed by atoms with van der Waals surface area (Å²) < 4.78 is 13.6. The van der Waals surface area contributed by atoms with Crippen molar-refractivity contribution in [1.29, 1.82) is 0 Å². The Morgan fingerprint density at radius 2 is 1.42 bits per heavy atom. The van der Waals surface area contributed by atoms with E-state index in [4.69, 9.17) is 9.47 Å². The number of benzene rings is 5. The van der Waals surface area contributed by atoms with Crippen LogP contribution in [-0.4, -0.2) is 56.1 Å². The fourth-order valence-corrected chi connectivity index (χ4v) is 7.42. The van der Waals surface area contributed by atoms with E-state index < -0.39 is 17.1 Å². The lowest BCUT2D eigenvalue weighted by Gasteiger charge is -2.20. The summed E-state index contributed by atoms with van der Waals surface area (Å²) >= 11 is 0.802. The summed E-state index contributed by atoms with van der Waals surface area (Å²) in [7, 11) is 1.54. The molecule has 1 aromatic heterocycles. The number of unbranched alkanes of at least 4 members (excludes halogenated alkanes) is 9. The molecule has 2 N–H and O–H groups in total. The molecule has 0 unspecified atom stereocenters. The Labute approximate surface area is 348 Å². The van der Waals surface area contributed by atoms with Crippen LogP contribution in [0.25, 0.3) is 16.5 Å². The number of aromatic hydroxyl groups is 1. The van der Waals surface area contributed by atoms with Crippen LogP contribution in [0, 0.1) is 6.92 Å². The number of hydrogen-bond donors (Lipinski definition) is 2. The molecule has 0 fully saturated rings. The fourth-order valence-electron chi connectivity index (χ4n) is 6.73. The maximum atomic E-state index is 14.0. The summed E-state index contributed by atoms with van der Waals surface area (Å²) in [5.74, 6) is -1.07. The third-order valence-electron chi connectivity index (χ3n) is 9.94. The minimum atomic E-state index is -0.775. The topological polar surface area (TPSA) is 149 Å². The third-order valence-corrected chi connectivity index (χ3v) is 10.8.